The van der Waals surface area contributed by atoms with Gasteiger partial charge in [0.05, 0.1) is 33.7 Å². The highest BCUT2D eigenvalue weighted by atomic mass is 35.5. The van der Waals surface area contributed by atoms with Gasteiger partial charge in [-0.05, 0) is 36.6 Å². The van der Waals surface area contributed by atoms with Crippen LogP contribution in [0.2, 0.25) is 5.02 Å². The number of hydrogen-bond acceptors (Lipinski definition) is 8. The van der Waals surface area contributed by atoms with Crippen molar-refractivity contribution in [2.75, 3.05) is 31.3 Å². The van der Waals surface area contributed by atoms with Crippen molar-refractivity contribution >= 4 is 50.1 Å². The van der Waals surface area contributed by atoms with Crippen LogP contribution < -0.4 is 16.4 Å². The van der Waals surface area contributed by atoms with Gasteiger partial charge in [-0.25, -0.2) is 15.0 Å². The molecule has 2 unspecified atom stereocenters. The molecule has 1 fully saturated rings. The number of carbonyl (C=O) groups is 1. The minimum atomic E-state index is -0.0212. The lowest BCUT2D eigenvalue weighted by molar-refractivity contribution is 0.0828. The van der Waals surface area contributed by atoms with Gasteiger partial charge in [0.2, 0.25) is 5.95 Å². The van der Waals surface area contributed by atoms with Gasteiger partial charge in [-0.1, -0.05) is 29.0 Å². The Morgan fingerprint density at radius 2 is 2.10 bits per heavy atom. The molecule has 1 aliphatic rings. The number of carbonyl (C=O) groups excluding carboxylic acids is 1. The Balaban J connectivity index is 1.50. The Labute approximate surface area is 189 Å². The van der Waals surface area contributed by atoms with Crippen LogP contribution in [0, 0.1) is 0 Å². The van der Waals surface area contributed by atoms with Crippen molar-refractivity contribution in [2.24, 2.45) is 5.73 Å². The quantitative estimate of drug-likeness (QED) is 0.487. The summed E-state index contributed by atoms with van der Waals surface area (Å²) in [5.41, 5.74) is 8.56. The summed E-state index contributed by atoms with van der Waals surface area (Å²) in [4.78, 5) is 27.0. The van der Waals surface area contributed by atoms with E-state index < -0.39 is 0 Å². The van der Waals surface area contributed by atoms with Crippen molar-refractivity contribution in [3.63, 3.8) is 0 Å². The predicted octanol–water partition coefficient (Wildman–Crippen LogP) is 3.38. The third kappa shape index (κ3) is 4.95. The predicted molar refractivity (Wildman–Crippen MR) is 126 cm³/mol. The van der Waals surface area contributed by atoms with Gasteiger partial charge in [0.15, 0.2) is 5.13 Å². The van der Waals surface area contributed by atoms with E-state index in [2.05, 4.69) is 26.7 Å². The molecule has 2 aromatic heterocycles. The maximum Gasteiger partial charge on any atom is 0.253 e. The minimum absolute atomic E-state index is 0.0212. The Bertz CT molecular complexity index is 1110. The topological polar surface area (TPSA) is 109 Å². The summed E-state index contributed by atoms with van der Waals surface area (Å²) in [6.45, 7) is 0.480. The average molecular weight is 458 g/mol. The van der Waals surface area contributed by atoms with Crippen molar-refractivity contribution in [3.05, 3.63) is 52.8 Å². The first-order valence-corrected chi connectivity index (χ1v) is 11.1. The second-order valence-corrected chi connectivity index (χ2v) is 9.09. The second-order valence-electron chi connectivity index (χ2n) is 7.62. The highest BCUT2D eigenvalue weighted by Gasteiger charge is 2.30. The van der Waals surface area contributed by atoms with E-state index in [-0.39, 0.29) is 18.0 Å². The maximum atomic E-state index is 12.2. The number of thiazole rings is 1. The zero-order chi connectivity index (χ0) is 22.0. The lowest BCUT2D eigenvalue weighted by Gasteiger charge is -2.14. The van der Waals surface area contributed by atoms with Crippen LogP contribution in [-0.4, -0.2) is 58.5 Å². The molecule has 31 heavy (non-hydrogen) atoms. The van der Waals surface area contributed by atoms with Crippen LogP contribution in [0.4, 0.5) is 11.1 Å². The molecular weight excluding hydrogens is 434 g/mol. The fraction of sp³-hybridized carbons (Fsp3) is 0.333. The molecule has 0 aliphatic heterocycles. The van der Waals surface area contributed by atoms with Gasteiger partial charge in [-0.15, -0.1) is 0 Å². The van der Waals surface area contributed by atoms with E-state index in [1.54, 1.807) is 42.7 Å². The highest BCUT2D eigenvalue weighted by Crippen LogP contribution is 2.33. The molecule has 8 nitrogen and oxygen atoms in total. The molecule has 1 saturated carbocycles. The summed E-state index contributed by atoms with van der Waals surface area (Å²) >= 11 is 7.41. The molecule has 2 heterocycles. The molecule has 0 bridgehead atoms. The zero-order valence-electron chi connectivity index (χ0n) is 17.3. The van der Waals surface area contributed by atoms with Gasteiger partial charge in [0, 0.05) is 32.2 Å². The number of hydrogen-bond donors (Lipinski definition) is 3. The monoisotopic (exact) mass is 457 g/mol. The van der Waals surface area contributed by atoms with Gasteiger partial charge >= 0.3 is 0 Å². The molecule has 10 heteroatoms. The lowest BCUT2D eigenvalue weighted by Crippen LogP contribution is -2.22. The van der Waals surface area contributed by atoms with E-state index in [1.165, 1.54) is 5.57 Å². The Kier molecular flexibility index (Phi) is 6.35. The van der Waals surface area contributed by atoms with E-state index in [4.69, 9.17) is 22.3 Å². The van der Waals surface area contributed by atoms with E-state index in [9.17, 15) is 4.79 Å². The summed E-state index contributed by atoms with van der Waals surface area (Å²) in [6, 6.07) is 5.89. The lowest BCUT2D eigenvalue weighted by atomic mass is 10.1. The first-order chi connectivity index (χ1) is 14.9. The van der Waals surface area contributed by atoms with Crippen LogP contribution in [-0.2, 0) is 0 Å². The van der Waals surface area contributed by atoms with Crippen LogP contribution >= 0.6 is 22.9 Å². The largest absolute Gasteiger partial charge is 0.355 e. The van der Waals surface area contributed by atoms with Gasteiger partial charge in [-0.2, -0.15) is 0 Å². The molecule has 4 N–H and O–H groups in total. The molecular formula is C21H24ClN7OS. The number of amides is 1. The number of nitrogens with two attached hydrogens (primary N) is 1. The van der Waals surface area contributed by atoms with Crippen LogP contribution in [0.3, 0.4) is 0 Å². The number of halogens is 1. The molecule has 162 valence electrons. The zero-order valence-corrected chi connectivity index (χ0v) is 18.9. The summed E-state index contributed by atoms with van der Waals surface area (Å²) < 4.78 is 0.974. The van der Waals surface area contributed by atoms with Gasteiger partial charge < -0.3 is 21.3 Å². The number of nitrogens with one attached hydrogen (secondary N) is 2. The number of fused-ring (bicyclic) bond motifs is 1. The normalized spacial score (nSPS) is 19.7. The fourth-order valence-corrected chi connectivity index (χ4v) is 4.74. The van der Waals surface area contributed by atoms with E-state index >= 15 is 0 Å². The molecule has 3 aromatic rings. The minimum Gasteiger partial charge on any atom is -0.355 e. The van der Waals surface area contributed by atoms with Crippen molar-refractivity contribution < 1.29 is 4.79 Å². The first kappa shape index (κ1) is 21.5. The van der Waals surface area contributed by atoms with Crippen molar-refractivity contribution in [3.8, 4) is 0 Å². The molecule has 4 rings (SSSR count). The first-order valence-electron chi connectivity index (χ1n) is 9.95. The maximum absolute atomic E-state index is 12.2. The van der Waals surface area contributed by atoms with Gasteiger partial charge in [0.25, 0.3) is 5.91 Å². The SMILES string of the molecule is CN(C)C(=O)c1ccc2nc(NC3CC(Nc4ncc(Cl)cn4)C/C3=C/CN)sc2c1. The van der Waals surface area contributed by atoms with E-state index in [0.29, 0.717) is 23.1 Å². The molecule has 1 aromatic carbocycles. The van der Waals surface area contributed by atoms with E-state index in [1.807, 2.05) is 18.2 Å². The van der Waals surface area contributed by atoms with Crippen LogP contribution in [0.15, 0.2) is 42.2 Å². The fourth-order valence-electron chi connectivity index (χ4n) is 3.68. The molecule has 1 amide bonds. The third-order valence-electron chi connectivity index (χ3n) is 5.12. The van der Waals surface area contributed by atoms with Crippen LogP contribution in [0.5, 0.6) is 0 Å². The van der Waals surface area contributed by atoms with E-state index in [0.717, 1.165) is 28.2 Å². The number of aromatic nitrogens is 3. The van der Waals surface area contributed by atoms with Crippen LogP contribution in [0.1, 0.15) is 23.2 Å². The van der Waals surface area contributed by atoms with Crippen molar-refractivity contribution in [1.82, 2.24) is 19.9 Å². The van der Waals surface area contributed by atoms with Crippen molar-refractivity contribution in [1.29, 1.82) is 0 Å². The van der Waals surface area contributed by atoms with Gasteiger partial charge in [-0.3, -0.25) is 4.79 Å². The summed E-state index contributed by atoms with van der Waals surface area (Å²) in [7, 11) is 3.49. The molecule has 0 radical (unpaired) electrons. The highest BCUT2D eigenvalue weighted by molar-refractivity contribution is 7.22. The Morgan fingerprint density at radius 3 is 2.81 bits per heavy atom. The average Bonchev–Trinajstić information content (AvgIpc) is 3.32. The summed E-state index contributed by atoms with van der Waals surface area (Å²) in [5, 5.41) is 8.24. The summed E-state index contributed by atoms with van der Waals surface area (Å²) in [6.07, 6.45) is 6.90. The number of anilines is 2. The number of benzene rings is 1. The van der Waals surface area contributed by atoms with Crippen LogP contribution in [0.25, 0.3) is 10.2 Å². The Hall–Kier alpha value is -2.75. The number of nitrogens with zero attached hydrogens (tertiary/aromatic N) is 4. The van der Waals surface area contributed by atoms with Crippen molar-refractivity contribution in [2.45, 2.75) is 24.9 Å². The third-order valence-corrected chi connectivity index (χ3v) is 6.27. The summed E-state index contributed by atoms with van der Waals surface area (Å²) in [5.74, 6) is 0.535. The van der Waals surface area contributed by atoms with Gasteiger partial charge in [0.1, 0.15) is 0 Å². The number of rotatable bonds is 6. The molecule has 0 spiro atoms. The second kappa shape index (κ2) is 9.17. The molecule has 0 saturated heterocycles. The smallest absolute Gasteiger partial charge is 0.253 e. The Morgan fingerprint density at radius 1 is 1.32 bits per heavy atom. The molecule has 1 aliphatic carbocycles. The molecule has 2 atom stereocenters. The standard InChI is InChI=1S/C21H24ClN7OS/c1-29(2)19(30)13-3-4-16-18(8-13)31-21(27-16)28-17-9-15(7-12(17)5-6-23)26-20-24-10-14(22)11-25-20/h3-5,8,10-11,15,17H,6-7,9,23H2,1-2H3,(H,27,28)(H,24,25,26)/b12-5-.